The first kappa shape index (κ1) is 27.6. The summed E-state index contributed by atoms with van der Waals surface area (Å²) < 4.78 is 16.7. The van der Waals surface area contributed by atoms with Crippen LogP contribution in [0.5, 0.6) is 5.75 Å². The summed E-state index contributed by atoms with van der Waals surface area (Å²) in [4.78, 5) is 26.2. The third-order valence-electron chi connectivity index (χ3n) is 4.73. The molecule has 2 aromatic carbocycles. The Morgan fingerprint density at radius 3 is 2.32 bits per heavy atom. The summed E-state index contributed by atoms with van der Waals surface area (Å²) in [6.45, 7) is 11.2. The largest absolute Gasteiger partial charge is 0.489 e. The first-order valence-electron chi connectivity index (χ1n) is 12.1. The zero-order chi connectivity index (χ0) is 27.1. The number of amides is 1. The minimum Gasteiger partial charge on any atom is -0.489 e. The first-order chi connectivity index (χ1) is 17.4. The van der Waals surface area contributed by atoms with E-state index in [9.17, 15) is 9.59 Å². The molecule has 0 bridgehead atoms. The van der Waals surface area contributed by atoms with Gasteiger partial charge >= 0.3 is 12.1 Å². The second kappa shape index (κ2) is 11.9. The average molecular weight is 510 g/mol. The van der Waals surface area contributed by atoms with Gasteiger partial charge in [-0.3, -0.25) is 4.79 Å². The lowest BCUT2D eigenvalue weighted by Gasteiger charge is -2.24. The lowest BCUT2D eigenvalue weighted by Crippen LogP contribution is -2.43. The Labute approximate surface area is 217 Å². The number of carbonyl (C=O) groups excluding carboxylic acids is 2. The van der Waals surface area contributed by atoms with Crippen LogP contribution in [-0.2, 0) is 27.4 Å². The fourth-order valence-corrected chi connectivity index (χ4v) is 3.32. The van der Waals surface area contributed by atoms with Crippen molar-refractivity contribution in [1.82, 2.24) is 25.5 Å². The van der Waals surface area contributed by atoms with Crippen molar-refractivity contribution >= 4 is 12.1 Å². The number of aromatic nitrogens is 4. The summed E-state index contributed by atoms with van der Waals surface area (Å²) in [6, 6.07) is 16.6. The molecule has 1 unspecified atom stereocenters. The highest BCUT2D eigenvalue weighted by Crippen LogP contribution is 2.21. The number of rotatable bonds is 9. The number of nitrogens with zero attached hydrogens (tertiary/aromatic N) is 4. The molecule has 0 fully saturated rings. The lowest BCUT2D eigenvalue weighted by molar-refractivity contribution is -0.155. The van der Waals surface area contributed by atoms with Gasteiger partial charge in [-0.25, -0.2) is 4.79 Å². The second-order valence-corrected chi connectivity index (χ2v) is 10.6. The van der Waals surface area contributed by atoms with E-state index in [1.54, 1.807) is 41.5 Å². The molecule has 10 heteroatoms. The molecule has 0 aliphatic carbocycles. The smallest absolute Gasteiger partial charge is 0.407 e. The normalized spacial score (nSPS) is 12.5. The molecular formula is C27H35N5O5. The van der Waals surface area contributed by atoms with Gasteiger partial charge in [-0.1, -0.05) is 42.5 Å². The maximum atomic E-state index is 12.5. The summed E-state index contributed by atoms with van der Waals surface area (Å²) in [5.74, 6) is 0.600. The van der Waals surface area contributed by atoms with Crippen molar-refractivity contribution in [2.24, 2.45) is 0 Å². The van der Waals surface area contributed by atoms with Crippen LogP contribution in [-0.4, -0.2) is 49.5 Å². The molecule has 0 saturated carbocycles. The van der Waals surface area contributed by atoms with Crippen LogP contribution >= 0.6 is 0 Å². The Morgan fingerprint density at radius 1 is 0.946 bits per heavy atom. The molecule has 0 saturated heterocycles. The number of esters is 1. The van der Waals surface area contributed by atoms with E-state index in [0.717, 1.165) is 11.1 Å². The third-order valence-corrected chi connectivity index (χ3v) is 4.73. The van der Waals surface area contributed by atoms with Crippen molar-refractivity contribution in [3.05, 3.63) is 60.2 Å². The van der Waals surface area contributed by atoms with Gasteiger partial charge in [-0.05, 0) is 64.5 Å². The van der Waals surface area contributed by atoms with E-state index in [1.807, 2.05) is 54.6 Å². The minimum atomic E-state index is -0.688. The molecule has 1 amide bonds. The van der Waals surface area contributed by atoms with Crippen molar-refractivity contribution in [3.8, 4) is 17.1 Å². The van der Waals surface area contributed by atoms with Gasteiger partial charge in [-0.2, -0.15) is 4.80 Å². The van der Waals surface area contributed by atoms with Crippen molar-refractivity contribution in [1.29, 1.82) is 0 Å². The van der Waals surface area contributed by atoms with E-state index >= 15 is 0 Å². The van der Waals surface area contributed by atoms with Crippen LogP contribution < -0.4 is 10.1 Å². The number of tetrazole rings is 1. The van der Waals surface area contributed by atoms with Crippen LogP contribution in [0.1, 0.15) is 53.5 Å². The molecule has 1 aromatic heterocycles. The number of ether oxygens (including phenoxy) is 3. The number of nitrogens with one attached hydrogen (secondary N) is 1. The highest BCUT2D eigenvalue weighted by molar-refractivity contribution is 5.73. The van der Waals surface area contributed by atoms with Crippen LogP contribution in [0.3, 0.4) is 0 Å². The molecule has 1 heterocycles. The van der Waals surface area contributed by atoms with Gasteiger partial charge in [0, 0.05) is 5.56 Å². The second-order valence-electron chi connectivity index (χ2n) is 10.6. The Morgan fingerprint density at radius 2 is 1.65 bits per heavy atom. The molecule has 3 aromatic rings. The fourth-order valence-electron chi connectivity index (χ4n) is 3.32. The molecule has 0 spiro atoms. The van der Waals surface area contributed by atoms with Crippen LogP contribution in [0.2, 0.25) is 0 Å². The number of benzene rings is 2. The van der Waals surface area contributed by atoms with Gasteiger partial charge in [0.2, 0.25) is 5.82 Å². The molecule has 198 valence electrons. The van der Waals surface area contributed by atoms with Crippen LogP contribution in [0.25, 0.3) is 11.4 Å². The van der Waals surface area contributed by atoms with Crippen molar-refractivity contribution in [2.45, 2.75) is 78.4 Å². The summed E-state index contributed by atoms with van der Waals surface area (Å²) in [7, 11) is 0. The summed E-state index contributed by atoms with van der Waals surface area (Å²) in [5, 5.41) is 15.4. The van der Waals surface area contributed by atoms with E-state index in [4.69, 9.17) is 14.2 Å². The predicted octanol–water partition coefficient (Wildman–Crippen LogP) is 4.54. The number of carbonyl (C=O) groups is 2. The van der Waals surface area contributed by atoms with Gasteiger partial charge in [-0.15, -0.1) is 10.2 Å². The quantitative estimate of drug-likeness (QED) is 0.418. The van der Waals surface area contributed by atoms with E-state index in [-0.39, 0.29) is 13.0 Å². The molecule has 1 N–H and O–H groups in total. The van der Waals surface area contributed by atoms with E-state index < -0.39 is 29.3 Å². The van der Waals surface area contributed by atoms with E-state index in [0.29, 0.717) is 18.2 Å². The Kier molecular flexibility index (Phi) is 8.86. The van der Waals surface area contributed by atoms with Gasteiger partial charge in [0.05, 0.1) is 19.0 Å². The fraction of sp³-hybridized carbons (Fsp3) is 0.444. The Hall–Kier alpha value is -3.95. The van der Waals surface area contributed by atoms with E-state index in [2.05, 4.69) is 20.7 Å². The van der Waals surface area contributed by atoms with Crippen LogP contribution in [0.15, 0.2) is 54.6 Å². The molecule has 0 radical (unpaired) electrons. The third kappa shape index (κ3) is 9.91. The molecule has 0 aliphatic heterocycles. The highest BCUT2D eigenvalue weighted by atomic mass is 16.6. The molecule has 0 aliphatic rings. The van der Waals surface area contributed by atoms with Crippen LogP contribution in [0, 0.1) is 0 Å². The molecule has 3 rings (SSSR count). The number of hydrogen-bond donors (Lipinski definition) is 1. The van der Waals surface area contributed by atoms with E-state index in [1.165, 1.54) is 4.80 Å². The molecular weight excluding hydrogens is 474 g/mol. The topological polar surface area (TPSA) is 117 Å². The van der Waals surface area contributed by atoms with Crippen molar-refractivity contribution in [2.75, 3.05) is 0 Å². The highest BCUT2D eigenvalue weighted by Gasteiger charge is 2.25. The van der Waals surface area contributed by atoms with Gasteiger partial charge in [0.1, 0.15) is 23.6 Å². The lowest BCUT2D eigenvalue weighted by atomic mass is 10.1. The maximum absolute atomic E-state index is 12.5. The SMILES string of the molecule is CC(C)(C)OC(=O)CC(Cn1nnc(-c2cccc(OCc3ccccc3)c2)n1)NC(=O)OC(C)(C)C. The van der Waals surface area contributed by atoms with Crippen molar-refractivity contribution < 1.29 is 23.8 Å². The summed E-state index contributed by atoms with van der Waals surface area (Å²) in [6.07, 6.45) is -0.736. The Bertz CT molecular complexity index is 1150. The predicted molar refractivity (Wildman–Crippen MR) is 138 cm³/mol. The summed E-state index contributed by atoms with van der Waals surface area (Å²) in [5.41, 5.74) is 0.443. The standard InChI is InChI=1S/C27H35N5O5/c1-26(2,3)36-23(33)16-21(28-25(34)37-27(4,5)6)17-32-30-24(29-31-32)20-13-10-14-22(15-20)35-18-19-11-8-7-9-12-19/h7-15,21H,16-18H2,1-6H3,(H,28,34). The average Bonchev–Trinajstić information content (AvgIpc) is 3.24. The maximum Gasteiger partial charge on any atom is 0.407 e. The number of hydrogen-bond acceptors (Lipinski definition) is 8. The zero-order valence-electron chi connectivity index (χ0n) is 22.2. The zero-order valence-corrected chi connectivity index (χ0v) is 22.2. The minimum absolute atomic E-state index is 0.0871. The van der Waals surface area contributed by atoms with Crippen LogP contribution in [0.4, 0.5) is 4.79 Å². The number of alkyl carbamates (subject to hydrolysis) is 1. The van der Waals surface area contributed by atoms with Gasteiger partial charge in [0.25, 0.3) is 0 Å². The Balaban J connectivity index is 1.69. The van der Waals surface area contributed by atoms with Crippen molar-refractivity contribution in [3.63, 3.8) is 0 Å². The van der Waals surface area contributed by atoms with Gasteiger partial charge < -0.3 is 19.5 Å². The summed E-state index contributed by atoms with van der Waals surface area (Å²) >= 11 is 0. The molecule has 10 nitrogen and oxygen atoms in total. The molecule has 1 atom stereocenters. The first-order valence-corrected chi connectivity index (χ1v) is 12.1. The molecule has 37 heavy (non-hydrogen) atoms. The monoisotopic (exact) mass is 509 g/mol. The van der Waals surface area contributed by atoms with Gasteiger partial charge in [0.15, 0.2) is 0 Å².